The third-order valence-corrected chi connectivity index (χ3v) is 4.43. The summed E-state index contributed by atoms with van der Waals surface area (Å²) in [6, 6.07) is 16.4. The van der Waals surface area contributed by atoms with Crippen molar-refractivity contribution >= 4 is 0 Å². The molecule has 1 aliphatic rings. The Balaban J connectivity index is 1.58. The molecule has 120 valence electrons. The Morgan fingerprint density at radius 3 is 2.67 bits per heavy atom. The molecule has 4 heteroatoms. The second-order valence-electron chi connectivity index (χ2n) is 6.38. The van der Waals surface area contributed by atoms with Crippen molar-refractivity contribution < 1.29 is 0 Å². The molecule has 1 aliphatic heterocycles. The normalized spacial score (nSPS) is 17.5. The van der Waals surface area contributed by atoms with E-state index in [-0.39, 0.29) is 0 Å². The Labute approximate surface area is 142 Å². The van der Waals surface area contributed by atoms with E-state index in [9.17, 15) is 0 Å². The van der Waals surface area contributed by atoms with Gasteiger partial charge in [0, 0.05) is 43.5 Å². The van der Waals surface area contributed by atoms with Crippen molar-refractivity contribution in [3.63, 3.8) is 0 Å². The molecule has 4 nitrogen and oxygen atoms in total. The second kappa shape index (κ2) is 6.49. The van der Waals surface area contributed by atoms with E-state index in [4.69, 9.17) is 4.98 Å². The highest BCUT2D eigenvalue weighted by atomic mass is 15.1. The molecule has 0 radical (unpaired) electrons. The fourth-order valence-corrected chi connectivity index (χ4v) is 3.33. The van der Waals surface area contributed by atoms with Crippen molar-refractivity contribution in [1.82, 2.24) is 19.9 Å². The summed E-state index contributed by atoms with van der Waals surface area (Å²) in [6.07, 6.45) is 3.75. The van der Waals surface area contributed by atoms with Crippen LogP contribution in [0, 0.1) is 0 Å². The standard InChI is InChI=1S/C20H20N4/c1-15-12-24(13-16-7-3-2-4-8-16)14-17-11-22-20(23-19(15)17)18-9-5-6-10-21-18/h2-11,15H,12-14H2,1H3. The minimum absolute atomic E-state index is 0.392. The van der Waals surface area contributed by atoms with E-state index < -0.39 is 0 Å². The highest BCUT2D eigenvalue weighted by molar-refractivity contribution is 5.49. The van der Waals surface area contributed by atoms with Crippen LogP contribution in [0.25, 0.3) is 11.5 Å². The maximum Gasteiger partial charge on any atom is 0.178 e. The Kier molecular flexibility index (Phi) is 4.05. The first-order valence-corrected chi connectivity index (χ1v) is 8.33. The van der Waals surface area contributed by atoms with Gasteiger partial charge in [0.15, 0.2) is 5.82 Å². The molecule has 0 saturated heterocycles. The van der Waals surface area contributed by atoms with Gasteiger partial charge in [0.1, 0.15) is 5.69 Å². The fourth-order valence-electron chi connectivity index (χ4n) is 3.33. The highest BCUT2D eigenvalue weighted by Gasteiger charge is 2.24. The van der Waals surface area contributed by atoms with Crippen LogP contribution in [-0.4, -0.2) is 26.4 Å². The zero-order chi connectivity index (χ0) is 16.4. The minimum atomic E-state index is 0.392. The van der Waals surface area contributed by atoms with Gasteiger partial charge in [0.2, 0.25) is 0 Å². The van der Waals surface area contributed by atoms with Crippen LogP contribution in [0.4, 0.5) is 0 Å². The van der Waals surface area contributed by atoms with Gasteiger partial charge in [-0.05, 0) is 17.7 Å². The number of rotatable bonds is 3. The van der Waals surface area contributed by atoms with Gasteiger partial charge in [-0.25, -0.2) is 9.97 Å². The molecular weight excluding hydrogens is 296 g/mol. The van der Waals surface area contributed by atoms with Crippen LogP contribution in [-0.2, 0) is 13.1 Å². The number of benzene rings is 1. The predicted octanol–water partition coefficient (Wildman–Crippen LogP) is 3.66. The van der Waals surface area contributed by atoms with E-state index in [0.29, 0.717) is 5.92 Å². The van der Waals surface area contributed by atoms with Crippen LogP contribution >= 0.6 is 0 Å². The lowest BCUT2D eigenvalue weighted by Gasteiger charge is -2.32. The number of nitrogens with zero attached hydrogens (tertiary/aromatic N) is 4. The lowest BCUT2D eigenvalue weighted by molar-refractivity contribution is 0.223. The van der Waals surface area contributed by atoms with Gasteiger partial charge in [-0.2, -0.15) is 0 Å². The van der Waals surface area contributed by atoms with Gasteiger partial charge in [-0.15, -0.1) is 0 Å². The van der Waals surface area contributed by atoms with Crippen molar-refractivity contribution in [2.45, 2.75) is 25.9 Å². The van der Waals surface area contributed by atoms with Crippen LogP contribution in [0.3, 0.4) is 0 Å². The van der Waals surface area contributed by atoms with E-state index in [1.54, 1.807) is 6.20 Å². The number of aromatic nitrogens is 3. The van der Waals surface area contributed by atoms with Gasteiger partial charge in [0.05, 0.1) is 5.69 Å². The van der Waals surface area contributed by atoms with Crippen LogP contribution in [0.15, 0.2) is 60.9 Å². The van der Waals surface area contributed by atoms with Crippen LogP contribution < -0.4 is 0 Å². The Morgan fingerprint density at radius 2 is 1.88 bits per heavy atom. The first-order valence-electron chi connectivity index (χ1n) is 8.33. The minimum Gasteiger partial charge on any atom is -0.294 e. The van der Waals surface area contributed by atoms with Gasteiger partial charge < -0.3 is 0 Å². The summed E-state index contributed by atoms with van der Waals surface area (Å²) >= 11 is 0. The van der Waals surface area contributed by atoms with Crippen molar-refractivity contribution in [3.05, 3.63) is 77.7 Å². The SMILES string of the molecule is CC1CN(Cc2ccccc2)Cc2cnc(-c3ccccn3)nc21. The Hall–Kier alpha value is -2.59. The molecule has 1 unspecified atom stereocenters. The molecule has 0 aliphatic carbocycles. The second-order valence-corrected chi connectivity index (χ2v) is 6.38. The zero-order valence-electron chi connectivity index (χ0n) is 13.8. The van der Waals surface area contributed by atoms with Gasteiger partial charge in [-0.3, -0.25) is 9.88 Å². The number of fused-ring (bicyclic) bond motifs is 1. The summed E-state index contributed by atoms with van der Waals surface area (Å²) in [5.41, 5.74) is 4.57. The molecule has 1 aromatic carbocycles. The number of pyridine rings is 1. The predicted molar refractivity (Wildman–Crippen MR) is 94.2 cm³/mol. The van der Waals surface area contributed by atoms with Gasteiger partial charge >= 0.3 is 0 Å². The molecule has 1 atom stereocenters. The summed E-state index contributed by atoms with van der Waals surface area (Å²) in [7, 11) is 0. The topological polar surface area (TPSA) is 41.9 Å². The average molecular weight is 316 g/mol. The lowest BCUT2D eigenvalue weighted by Crippen LogP contribution is -2.33. The smallest absolute Gasteiger partial charge is 0.178 e. The molecule has 24 heavy (non-hydrogen) atoms. The highest BCUT2D eigenvalue weighted by Crippen LogP contribution is 2.28. The molecule has 0 N–H and O–H groups in total. The summed E-state index contributed by atoms with van der Waals surface area (Å²) in [6.45, 7) is 5.12. The lowest BCUT2D eigenvalue weighted by atomic mass is 9.97. The molecule has 4 rings (SSSR count). The van der Waals surface area contributed by atoms with Crippen molar-refractivity contribution in [1.29, 1.82) is 0 Å². The Bertz CT molecular complexity index is 818. The quantitative estimate of drug-likeness (QED) is 0.739. The molecule has 3 aromatic rings. The van der Waals surface area contributed by atoms with E-state index in [1.165, 1.54) is 11.1 Å². The first kappa shape index (κ1) is 15.0. The summed E-state index contributed by atoms with van der Waals surface area (Å²) in [5.74, 6) is 1.11. The maximum atomic E-state index is 4.81. The maximum absolute atomic E-state index is 4.81. The molecule has 0 fully saturated rings. The number of hydrogen-bond donors (Lipinski definition) is 0. The summed E-state index contributed by atoms with van der Waals surface area (Å²) < 4.78 is 0. The largest absolute Gasteiger partial charge is 0.294 e. The molecule has 2 aromatic heterocycles. The Morgan fingerprint density at radius 1 is 1.04 bits per heavy atom. The monoisotopic (exact) mass is 316 g/mol. The van der Waals surface area contributed by atoms with E-state index in [1.807, 2.05) is 24.4 Å². The average Bonchev–Trinajstić information content (AvgIpc) is 2.63. The van der Waals surface area contributed by atoms with Gasteiger partial charge in [-0.1, -0.05) is 43.3 Å². The van der Waals surface area contributed by atoms with Crippen molar-refractivity contribution in [2.75, 3.05) is 6.54 Å². The van der Waals surface area contributed by atoms with Crippen LogP contribution in [0.5, 0.6) is 0 Å². The van der Waals surface area contributed by atoms with E-state index in [0.717, 1.165) is 36.8 Å². The molecule has 0 spiro atoms. The zero-order valence-corrected chi connectivity index (χ0v) is 13.8. The fraction of sp³-hybridized carbons (Fsp3) is 0.250. The summed E-state index contributed by atoms with van der Waals surface area (Å²) in [5, 5.41) is 0. The molecule has 0 amide bonds. The molecule has 0 saturated carbocycles. The third-order valence-electron chi connectivity index (χ3n) is 4.43. The van der Waals surface area contributed by atoms with E-state index >= 15 is 0 Å². The van der Waals surface area contributed by atoms with Gasteiger partial charge in [0.25, 0.3) is 0 Å². The van der Waals surface area contributed by atoms with Crippen molar-refractivity contribution in [2.24, 2.45) is 0 Å². The third kappa shape index (κ3) is 3.05. The molecule has 0 bridgehead atoms. The molecule has 3 heterocycles. The first-order chi connectivity index (χ1) is 11.8. The van der Waals surface area contributed by atoms with E-state index in [2.05, 4.69) is 52.1 Å². The summed E-state index contributed by atoms with van der Waals surface area (Å²) in [4.78, 5) is 16.2. The van der Waals surface area contributed by atoms with Crippen LogP contribution in [0.1, 0.15) is 29.7 Å². The number of hydrogen-bond acceptors (Lipinski definition) is 4. The van der Waals surface area contributed by atoms with Crippen molar-refractivity contribution in [3.8, 4) is 11.5 Å². The van der Waals surface area contributed by atoms with Crippen LogP contribution in [0.2, 0.25) is 0 Å². The molecular formula is C20H20N4.